The monoisotopic (exact) mass is 419 g/mol. The van der Waals surface area contributed by atoms with Crippen LogP contribution in [-0.2, 0) is 4.79 Å². The normalized spacial score (nSPS) is 12.1. The van der Waals surface area contributed by atoms with Crippen molar-refractivity contribution in [1.82, 2.24) is 9.97 Å². The van der Waals surface area contributed by atoms with E-state index in [1.54, 1.807) is 17.7 Å². The number of aryl methyl sites for hydroxylation is 2. The lowest BCUT2D eigenvalue weighted by Crippen LogP contribution is -2.23. The topological polar surface area (TPSA) is 54.9 Å². The zero-order valence-corrected chi connectivity index (χ0v) is 18.1. The number of thiophene rings is 1. The van der Waals surface area contributed by atoms with Crippen LogP contribution in [0.1, 0.15) is 18.1 Å². The third-order valence-corrected chi connectivity index (χ3v) is 6.87. The Morgan fingerprint density at radius 3 is 2.66 bits per heavy atom. The molecule has 146 valence electrons. The third kappa shape index (κ3) is 4.33. The Morgan fingerprint density at radius 2 is 1.86 bits per heavy atom. The van der Waals surface area contributed by atoms with Crippen molar-refractivity contribution < 1.29 is 4.79 Å². The molecule has 29 heavy (non-hydrogen) atoms. The molecule has 0 aliphatic carbocycles. The number of fused-ring (bicyclic) bond motifs is 1. The molecule has 1 N–H and O–H groups in total. The number of hydrogen-bond acceptors (Lipinski definition) is 5. The summed E-state index contributed by atoms with van der Waals surface area (Å²) in [4.78, 5) is 23.7. The molecule has 0 saturated carbocycles. The van der Waals surface area contributed by atoms with Gasteiger partial charge in [0.25, 0.3) is 0 Å². The molecule has 0 fully saturated rings. The van der Waals surface area contributed by atoms with Crippen molar-refractivity contribution in [3.63, 3.8) is 0 Å². The van der Waals surface area contributed by atoms with Crippen molar-refractivity contribution in [2.24, 2.45) is 0 Å². The van der Waals surface area contributed by atoms with Crippen molar-refractivity contribution in [2.75, 3.05) is 5.32 Å². The van der Waals surface area contributed by atoms with Gasteiger partial charge in [0, 0.05) is 16.0 Å². The Kier molecular flexibility index (Phi) is 5.65. The minimum Gasteiger partial charge on any atom is -0.325 e. The zero-order valence-electron chi connectivity index (χ0n) is 16.5. The highest BCUT2D eigenvalue weighted by atomic mass is 32.2. The first kappa shape index (κ1) is 19.6. The average Bonchev–Trinajstić information content (AvgIpc) is 3.17. The van der Waals surface area contributed by atoms with Crippen molar-refractivity contribution in [1.29, 1.82) is 0 Å². The molecule has 1 unspecified atom stereocenters. The summed E-state index contributed by atoms with van der Waals surface area (Å²) in [5.41, 5.74) is 4.19. The maximum Gasteiger partial charge on any atom is 0.237 e. The number of nitrogens with one attached hydrogen (secondary N) is 1. The van der Waals surface area contributed by atoms with Crippen LogP contribution in [0.25, 0.3) is 20.7 Å². The fourth-order valence-electron chi connectivity index (χ4n) is 3.00. The molecule has 0 aliphatic heterocycles. The highest BCUT2D eigenvalue weighted by molar-refractivity contribution is 8.00. The number of rotatable bonds is 5. The highest BCUT2D eigenvalue weighted by Gasteiger charge is 2.19. The van der Waals surface area contributed by atoms with E-state index in [2.05, 4.69) is 33.5 Å². The minimum absolute atomic E-state index is 0.0334. The van der Waals surface area contributed by atoms with E-state index < -0.39 is 0 Å². The van der Waals surface area contributed by atoms with Gasteiger partial charge in [0.15, 0.2) is 0 Å². The van der Waals surface area contributed by atoms with Gasteiger partial charge in [-0.05, 0) is 49.6 Å². The molecule has 1 atom stereocenters. The summed E-state index contributed by atoms with van der Waals surface area (Å²) in [7, 11) is 0. The van der Waals surface area contributed by atoms with E-state index in [0.717, 1.165) is 42.5 Å². The second-order valence-corrected chi connectivity index (χ2v) is 9.30. The van der Waals surface area contributed by atoms with Gasteiger partial charge in [0.1, 0.15) is 16.2 Å². The number of thioether (sulfide) groups is 1. The number of hydrogen-bond donors (Lipinski definition) is 1. The van der Waals surface area contributed by atoms with Gasteiger partial charge < -0.3 is 5.32 Å². The molecule has 0 bridgehead atoms. The number of aromatic nitrogens is 2. The van der Waals surface area contributed by atoms with Crippen molar-refractivity contribution in [3.8, 4) is 10.4 Å². The molecule has 2 aromatic heterocycles. The molecule has 0 saturated heterocycles. The largest absolute Gasteiger partial charge is 0.325 e. The van der Waals surface area contributed by atoms with Crippen molar-refractivity contribution in [2.45, 2.75) is 31.0 Å². The molecule has 2 heterocycles. The van der Waals surface area contributed by atoms with Gasteiger partial charge in [-0.25, -0.2) is 9.97 Å². The molecule has 6 heteroatoms. The molecule has 4 rings (SSSR count). The average molecular weight is 420 g/mol. The SMILES string of the molecule is Cc1ccc(C)c(NC(=O)C(C)Sc2ncnc3sc(-c4ccccc4)cc23)c1. The lowest BCUT2D eigenvalue weighted by atomic mass is 10.1. The van der Waals surface area contributed by atoms with Gasteiger partial charge in [0.2, 0.25) is 5.91 Å². The summed E-state index contributed by atoms with van der Waals surface area (Å²) in [6.45, 7) is 5.92. The molecule has 0 aliphatic rings. The van der Waals surface area contributed by atoms with Crippen LogP contribution < -0.4 is 5.32 Å². The van der Waals surface area contributed by atoms with Crippen LogP contribution in [0.5, 0.6) is 0 Å². The number of carbonyl (C=O) groups excluding carboxylic acids is 1. The van der Waals surface area contributed by atoms with E-state index in [-0.39, 0.29) is 11.2 Å². The van der Waals surface area contributed by atoms with Crippen LogP contribution in [0.2, 0.25) is 0 Å². The Morgan fingerprint density at radius 1 is 1.07 bits per heavy atom. The molecule has 4 nitrogen and oxygen atoms in total. The zero-order chi connectivity index (χ0) is 20.4. The van der Waals surface area contributed by atoms with Crippen LogP contribution in [0, 0.1) is 13.8 Å². The number of carbonyl (C=O) groups is 1. The Hall–Kier alpha value is -2.70. The first-order valence-corrected chi connectivity index (χ1v) is 11.1. The van der Waals surface area contributed by atoms with Gasteiger partial charge in [0.05, 0.1) is 5.25 Å². The van der Waals surface area contributed by atoms with E-state index in [0.29, 0.717) is 0 Å². The Bertz CT molecular complexity index is 1170. The van der Waals surface area contributed by atoms with Crippen LogP contribution in [0.3, 0.4) is 0 Å². The lowest BCUT2D eigenvalue weighted by Gasteiger charge is -2.14. The molecule has 1 amide bonds. The quantitative estimate of drug-likeness (QED) is 0.314. The predicted octanol–water partition coefficient (Wildman–Crippen LogP) is 6.09. The van der Waals surface area contributed by atoms with Crippen molar-refractivity contribution in [3.05, 3.63) is 72.1 Å². The fraction of sp³-hybridized carbons (Fsp3) is 0.174. The maximum atomic E-state index is 12.8. The van der Waals surface area contributed by atoms with E-state index in [1.165, 1.54) is 11.8 Å². The Balaban J connectivity index is 1.56. The standard InChI is InChI=1S/C23H21N3OS2/c1-14-9-10-15(2)19(11-14)26-21(27)16(3)28-22-18-12-20(17-7-5-4-6-8-17)29-23(18)25-13-24-22/h4-13,16H,1-3H3,(H,26,27). The molecule has 0 spiro atoms. The van der Waals surface area contributed by atoms with E-state index >= 15 is 0 Å². The lowest BCUT2D eigenvalue weighted by molar-refractivity contribution is -0.115. The van der Waals surface area contributed by atoms with Crippen LogP contribution in [0.15, 0.2) is 66.0 Å². The van der Waals surface area contributed by atoms with Crippen LogP contribution in [0.4, 0.5) is 5.69 Å². The summed E-state index contributed by atoms with van der Waals surface area (Å²) >= 11 is 3.10. The van der Waals surface area contributed by atoms with Gasteiger partial charge in [-0.3, -0.25) is 4.79 Å². The van der Waals surface area contributed by atoms with E-state index in [9.17, 15) is 4.79 Å². The summed E-state index contributed by atoms with van der Waals surface area (Å²) in [5.74, 6) is -0.0334. The third-order valence-electron chi connectivity index (χ3n) is 4.66. The summed E-state index contributed by atoms with van der Waals surface area (Å²) in [5, 5.41) is 4.59. The maximum absolute atomic E-state index is 12.8. The molecule has 2 aromatic carbocycles. The second kappa shape index (κ2) is 8.35. The number of amides is 1. The number of nitrogens with zero attached hydrogens (tertiary/aromatic N) is 2. The first-order chi connectivity index (χ1) is 14.0. The molecule has 4 aromatic rings. The molecular weight excluding hydrogens is 398 g/mol. The summed E-state index contributed by atoms with van der Waals surface area (Å²) < 4.78 is 0. The van der Waals surface area contributed by atoms with E-state index in [4.69, 9.17) is 0 Å². The smallest absolute Gasteiger partial charge is 0.237 e. The summed E-state index contributed by atoms with van der Waals surface area (Å²) in [6.07, 6.45) is 1.57. The minimum atomic E-state index is -0.284. The Labute approximate surface area is 178 Å². The van der Waals surface area contributed by atoms with Gasteiger partial charge in [-0.1, -0.05) is 54.2 Å². The van der Waals surface area contributed by atoms with Gasteiger partial charge >= 0.3 is 0 Å². The number of benzene rings is 2. The summed E-state index contributed by atoms with van der Waals surface area (Å²) in [6, 6.07) is 18.4. The van der Waals surface area contributed by atoms with E-state index in [1.807, 2.05) is 57.2 Å². The molecule has 0 radical (unpaired) electrons. The second-order valence-electron chi connectivity index (χ2n) is 6.94. The highest BCUT2D eigenvalue weighted by Crippen LogP contribution is 2.37. The van der Waals surface area contributed by atoms with Crippen LogP contribution >= 0.6 is 23.1 Å². The molecular formula is C23H21N3OS2. The first-order valence-electron chi connectivity index (χ1n) is 9.36. The number of anilines is 1. The van der Waals surface area contributed by atoms with Crippen LogP contribution in [-0.4, -0.2) is 21.1 Å². The van der Waals surface area contributed by atoms with Gasteiger partial charge in [-0.15, -0.1) is 11.3 Å². The van der Waals surface area contributed by atoms with Crippen molar-refractivity contribution >= 4 is 44.9 Å². The fourth-order valence-corrected chi connectivity index (χ4v) is 4.96. The van der Waals surface area contributed by atoms with Gasteiger partial charge in [-0.2, -0.15) is 0 Å². The predicted molar refractivity (Wildman–Crippen MR) is 123 cm³/mol.